The summed E-state index contributed by atoms with van der Waals surface area (Å²) in [6.45, 7) is 1.52. The molecule has 0 bridgehead atoms. The molecule has 0 amide bonds. The van der Waals surface area contributed by atoms with Gasteiger partial charge in [-0.15, -0.1) is 0 Å². The average molecular weight is 350 g/mol. The van der Waals surface area contributed by atoms with E-state index in [1.54, 1.807) is 12.1 Å². The van der Waals surface area contributed by atoms with Crippen molar-refractivity contribution in [1.82, 2.24) is 0 Å². The van der Waals surface area contributed by atoms with Gasteiger partial charge >= 0.3 is 6.61 Å². The van der Waals surface area contributed by atoms with Crippen LogP contribution in [0.5, 0.6) is 5.75 Å². The van der Waals surface area contributed by atoms with E-state index in [2.05, 4.69) is 41.4 Å². The fourth-order valence-corrected chi connectivity index (χ4v) is 2.38. The highest BCUT2D eigenvalue weighted by Crippen LogP contribution is 2.21. The van der Waals surface area contributed by atoms with E-state index in [9.17, 15) is 8.78 Å². The first-order chi connectivity index (χ1) is 11.5. The second-order valence-corrected chi connectivity index (χ2v) is 5.82. The number of benzene rings is 2. The smallest absolute Gasteiger partial charge is 0.387 e. The molecule has 0 saturated heterocycles. The highest BCUT2D eigenvalue weighted by molar-refractivity contribution is 7.80. The van der Waals surface area contributed by atoms with Crippen molar-refractivity contribution in [2.45, 2.75) is 32.8 Å². The lowest BCUT2D eigenvalue weighted by atomic mass is 9.99. The first kappa shape index (κ1) is 18.1. The van der Waals surface area contributed by atoms with Gasteiger partial charge in [-0.3, -0.25) is 0 Å². The van der Waals surface area contributed by atoms with Gasteiger partial charge in [0.25, 0.3) is 0 Å². The molecule has 0 spiro atoms. The van der Waals surface area contributed by atoms with Gasteiger partial charge in [-0.2, -0.15) is 8.78 Å². The van der Waals surface area contributed by atoms with E-state index in [1.165, 1.54) is 17.7 Å². The molecule has 0 aliphatic heterocycles. The summed E-state index contributed by atoms with van der Waals surface area (Å²) < 4.78 is 28.5. The van der Waals surface area contributed by atoms with E-state index in [0.717, 1.165) is 12.1 Å². The summed E-state index contributed by atoms with van der Waals surface area (Å²) in [6, 6.07) is 14.3. The Bertz CT molecular complexity index is 660. The molecule has 1 atom stereocenters. The predicted octanol–water partition coefficient (Wildman–Crippen LogP) is 5.61. The maximum atomic E-state index is 12.1. The fourth-order valence-electron chi connectivity index (χ4n) is 2.14. The van der Waals surface area contributed by atoms with Crippen LogP contribution < -0.4 is 15.4 Å². The number of hydrogen-bond donors (Lipinski definition) is 2. The summed E-state index contributed by atoms with van der Waals surface area (Å²) in [5, 5.41) is 6.51. The number of thiocarbonyl (C=S) groups is 1. The minimum atomic E-state index is -2.83. The molecule has 24 heavy (non-hydrogen) atoms. The second-order valence-electron chi connectivity index (χ2n) is 5.41. The van der Waals surface area contributed by atoms with Crippen molar-refractivity contribution in [3.05, 3.63) is 54.1 Å². The minimum absolute atomic E-state index is 0.107. The van der Waals surface area contributed by atoms with Crippen LogP contribution in [0.1, 0.15) is 31.7 Å². The topological polar surface area (TPSA) is 33.3 Å². The van der Waals surface area contributed by atoms with Crippen LogP contribution in [0.25, 0.3) is 0 Å². The highest BCUT2D eigenvalue weighted by Gasteiger charge is 2.05. The number of halogens is 2. The molecule has 2 aromatic rings. The minimum Gasteiger partial charge on any atom is -0.435 e. The number of rotatable bonds is 6. The molecule has 0 heterocycles. The third kappa shape index (κ3) is 5.45. The molecule has 2 aromatic carbocycles. The van der Waals surface area contributed by atoms with Crippen molar-refractivity contribution < 1.29 is 13.5 Å². The SMILES string of the molecule is CC[C@@H](C)c1ccc(NC(=S)Nc2ccc(OC(F)F)cc2)cc1. The van der Waals surface area contributed by atoms with E-state index >= 15 is 0 Å². The Morgan fingerprint density at radius 3 is 1.96 bits per heavy atom. The van der Waals surface area contributed by atoms with Crippen LogP contribution in [0.4, 0.5) is 20.2 Å². The zero-order valence-corrected chi connectivity index (χ0v) is 14.4. The van der Waals surface area contributed by atoms with Crippen LogP contribution in [0.2, 0.25) is 0 Å². The Morgan fingerprint density at radius 2 is 1.50 bits per heavy atom. The van der Waals surface area contributed by atoms with Gasteiger partial charge in [-0.05, 0) is 66.5 Å². The molecule has 128 valence electrons. The molecule has 2 N–H and O–H groups in total. The average Bonchev–Trinajstić information content (AvgIpc) is 2.56. The zero-order chi connectivity index (χ0) is 17.5. The molecule has 0 radical (unpaired) electrons. The third-order valence-electron chi connectivity index (χ3n) is 3.69. The molecular weight excluding hydrogens is 330 g/mol. The van der Waals surface area contributed by atoms with Gasteiger partial charge < -0.3 is 15.4 Å². The van der Waals surface area contributed by atoms with Crippen LogP contribution in [-0.2, 0) is 0 Å². The molecule has 6 heteroatoms. The Kier molecular flexibility index (Phi) is 6.49. The van der Waals surface area contributed by atoms with Crippen molar-refractivity contribution in [3.63, 3.8) is 0 Å². The van der Waals surface area contributed by atoms with Crippen molar-refractivity contribution in [2.75, 3.05) is 10.6 Å². The number of ether oxygens (including phenoxy) is 1. The number of nitrogens with one attached hydrogen (secondary N) is 2. The van der Waals surface area contributed by atoms with Crippen LogP contribution in [0.3, 0.4) is 0 Å². The summed E-state index contributed by atoms with van der Waals surface area (Å²) >= 11 is 5.25. The first-order valence-electron chi connectivity index (χ1n) is 7.70. The van der Waals surface area contributed by atoms with E-state index in [0.29, 0.717) is 16.7 Å². The molecule has 0 aromatic heterocycles. The number of alkyl halides is 2. The standard InChI is InChI=1S/C18H20F2N2OS/c1-3-12(2)13-4-6-14(7-5-13)21-18(24)22-15-8-10-16(11-9-15)23-17(19)20/h4-12,17H,3H2,1-2H3,(H2,21,22,24)/t12-/m1/s1. The van der Waals surface area contributed by atoms with Crippen LogP contribution in [0, 0.1) is 0 Å². The Hall–Kier alpha value is -2.21. The normalized spacial score (nSPS) is 11.9. The van der Waals surface area contributed by atoms with Crippen molar-refractivity contribution in [1.29, 1.82) is 0 Å². The maximum absolute atomic E-state index is 12.1. The van der Waals surface area contributed by atoms with E-state index in [1.807, 2.05) is 12.1 Å². The summed E-state index contributed by atoms with van der Waals surface area (Å²) in [5.74, 6) is 0.633. The molecule has 0 unspecified atom stereocenters. The van der Waals surface area contributed by atoms with Gasteiger partial charge in [0, 0.05) is 11.4 Å². The summed E-state index contributed by atoms with van der Waals surface area (Å²) in [6.07, 6.45) is 1.10. The molecule has 0 fully saturated rings. The fraction of sp³-hybridized carbons (Fsp3) is 0.278. The van der Waals surface area contributed by atoms with Crippen LogP contribution in [-0.4, -0.2) is 11.7 Å². The molecule has 0 aliphatic rings. The second kappa shape index (κ2) is 8.59. The van der Waals surface area contributed by atoms with Crippen molar-refractivity contribution in [2.24, 2.45) is 0 Å². The lowest BCUT2D eigenvalue weighted by Crippen LogP contribution is -2.19. The van der Waals surface area contributed by atoms with E-state index in [-0.39, 0.29) is 5.75 Å². The predicted molar refractivity (Wildman–Crippen MR) is 98.1 cm³/mol. The first-order valence-corrected chi connectivity index (χ1v) is 8.11. The lowest BCUT2D eigenvalue weighted by molar-refractivity contribution is -0.0498. The Morgan fingerprint density at radius 1 is 1.00 bits per heavy atom. The zero-order valence-electron chi connectivity index (χ0n) is 13.6. The molecule has 2 rings (SSSR count). The van der Waals surface area contributed by atoms with Crippen molar-refractivity contribution in [3.8, 4) is 5.75 Å². The lowest BCUT2D eigenvalue weighted by Gasteiger charge is -2.13. The third-order valence-corrected chi connectivity index (χ3v) is 3.89. The van der Waals surface area contributed by atoms with E-state index in [4.69, 9.17) is 12.2 Å². The highest BCUT2D eigenvalue weighted by atomic mass is 32.1. The Balaban J connectivity index is 1.90. The molecule has 0 saturated carbocycles. The van der Waals surface area contributed by atoms with Crippen LogP contribution >= 0.6 is 12.2 Å². The van der Waals surface area contributed by atoms with Gasteiger partial charge in [-0.1, -0.05) is 26.0 Å². The van der Waals surface area contributed by atoms with Gasteiger partial charge in [0.1, 0.15) is 5.75 Å². The van der Waals surface area contributed by atoms with Gasteiger partial charge in [0.15, 0.2) is 5.11 Å². The van der Waals surface area contributed by atoms with Crippen LogP contribution in [0.15, 0.2) is 48.5 Å². The van der Waals surface area contributed by atoms with Gasteiger partial charge in [-0.25, -0.2) is 0 Å². The monoisotopic (exact) mass is 350 g/mol. The summed E-state index contributed by atoms with van der Waals surface area (Å²) in [4.78, 5) is 0. The number of hydrogen-bond acceptors (Lipinski definition) is 2. The molecular formula is C18H20F2N2OS. The summed E-state index contributed by atoms with van der Waals surface area (Å²) in [5.41, 5.74) is 2.86. The van der Waals surface area contributed by atoms with Crippen molar-refractivity contribution >= 4 is 28.7 Å². The van der Waals surface area contributed by atoms with E-state index < -0.39 is 6.61 Å². The summed E-state index contributed by atoms with van der Waals surface area (Å²) in [7, 11) is 0. The molecule has 3 nitrogen and oxygen atoms in total. The maximum Gasteiger partial charge on any atom is 0.387 e. The number of anilines is 2. The molecule has 0 aliphatic carbocycles. The largest absolute Gasteiger partial charge is 0.435 e. The Labute approximate surface area is 146 Å². The van der Waals surface area contributed by atoms with Gasteiger partial charge in [0.05, 0.1) is 0 Å². The van der Waals surface area contributed by atoms with Gasteiger partial charge in [0.2, 0.25) is 0 Å². The quantitative estimate of drug-likeness (QED) is 0.663.